The molecular formula is C31H31ClN6O3. The molecule has 1 saturated heterocycles. The number of para-hydroxylation sites is 1. The lowest BCUT2D eigenvalue weighted by Crippen LogP contribution is -2.48. The molecule has 9 nitrogen and oxygen atoms in total. The number of anilines is 2. The third kappa shape index (κ3) is 5.26. The number of rotatable bonds is 6. The van der Waals surface area contributed by atoms with Crippen LogP contribution in [0.4, 0.5) is 11.5 Å². The van der Waals surface area contributed by atoms with Gasteiger partial charge in [0.2, 0.25) is 11.3 Å². The first-order valence-electron chi connectivity index (χ1n) is 13.6. The number of imidazole rings is 1. The van der Waals surface area contributed by atoms with Crippen LogP contribution in [0.25, 0.3) is 33.3 Å². The largest absolute Gasteiger partial charge is 0.387 e. The smallest absolute Gasteiger partial charge is 0.219 e. The summed E-state index contributed by atoms with van der Waals surface area (Å²) in [5, 5.41) is 15.2. The van der Waals surface area contributed by atoms with Crippen LogP contribution in [0.1, 0.15) is 24.2 Å². The van der Waals surface area contributed by atoms with Crippen molar-refractivity contribution in [2.45, 2.75) is 20.0 Å². The molecule has 210 valence electrons. The molecule has 3 heterocycles. The Bertz CT molecular complexity index is 1820. The molecule has 0 saturated carbocycles. The molecule has 1 aliphatic heterocycles. The summed E-state index contributed by atoms with van der Waals surface area (Å²) in [6.45, 7) is 6.63. The van der Waals surface area contributed by atoms with Crippen molar-refractivity contribution in [1.82, 2.24) is 19.9 Å². The van der Waals surface area contributed by atoms with Crippen molar-refractivity contribution in [2.24, 2.45) is 0 Å². The summed E-state index contributed by atoms with van der Waals surface area (Å²) in [6, 6.07) is 18.6. The van der Waals surface area contributed by atoms with E-state index in [9.17, 15) is 14.7 Å². The fraction of sp³-hybridized carbons (Fsp3) is 0.258. The standard InChI is InChI=1S/C31H31ClN6O3/c1-18-14-22(38-12-10-37(11-13-38)19(2)39)16-25-28(18)36-31(35-25)27-29(41)23-8-3-4-9-24(23)34-30(27)33-17-26(40)20-6-5-7-21(32)15-20/h3-9,14-16,26,40H,10-13,17H2,1-2H3,(H,35,36)(H2,33,34,41). The van der Waals surface area contributed by atoms with Crippen molar-refractivity contribution in [1.29, 1.82) is 0 Å². The maximum atomic E-state index is 13.8. The van der Waals surface area contributed by atoms with Crippen LogP contribution >= 0.6 is 11.6 Å². The van der Waals surface area contributed by atoms with Gasteiger partial charge in [-0.2, -0.15) is 0 Å². The van der Waals surface area contributed by atoms with Gasteiger partial charge in [-0.3, -0.25) is 9.59 Å². The molecule has 4 N–H and O–H groups in total. The molecule has 0 radical (unpaired) electrons. The van der Waals surface area contributed by atoms with Crippen molar-refractivity contribution < 1.29 is 9.90 Å². The Morgan fingerprint density at radius 2 is 1.83 bits per heavy atom. The second-order valence-electron chi connectivity index (χ2n) is 10.4. The van der Waals surface area contributed by atoms with Crippen molar-refractivity contribution in [2.75, 3.05) is 42.9 Å². The molecule has 2 aromatic heterocycles. The van der Waals surface area contributed by atoms with Gasteiger partial charge < -0.3 is 30.2 Å². The number of carbonyl (C=O) groups excluding carboxylic acids is 1. The van der Waals surface area contributed by atoms with Gasteiger partial charge >= 0.3 is 0 Å². The van der Waals surface area contributed by atoms with Gasteiger partial charge in [-0.1, -0.05) is 35.9 Å². The molecule has 1 amide bonds. The quantitative estimate of drug-likeness (QED) is 0.232. The number of hydrogen-bond acceptors (Lipinski definition) is 6. The number of pyridine rings is 1. The SMILES string of the molecule is CC(=O)N1CCN(c2cc(C)c3nc(-c4c(NCC(O)c5cccc(Cl)c5)[nH]c5ccccc5c4=O)[nH]c3c2)CC1. The van der Waals surface area contributed by atoms with E-state index in [1.165, 1.54) is 0 Å². The van der Waals surface area contributed by atoms with E-state index in [4.69, 9.17) is 16.6 Å². The third-order valence-corrected chi connectivity index (χ3v) is 7.94. The summed E-state index contributed by atoms with van der Waals surface area (Å²) in [5.41, 5.74) is 5.18. The average molecular weight is 571 g/mol. The lowest BCUT2D eigenvalue weighted by molar-refractivity contribution is -0.129. The number of fused-ring (bicyclic) bond motifs is 2. The van der Waals surface area contributed by atoms with Gasteiger partial charge in [0.25, 0.3) is 0 Å². The van der Waals surface area contributed by atoms with E-state index < -0.39 is 6.10 Å². The molecule has 1 fully saturated rings. The van der Waals surface area contributed by atoms with Crippen LogP contribution in [-0.4, -0.2) is 63.6 Å². The molecule has 1 unspecified atom stereocenters. The number of aliphatic hydroxyl groups is 1. The molecule has 10 heteroatoms. The first kappa shape index (κ1) is 26.9. The maximum absolute atomic E-state index is 13.8. The summed E-state index contributed by atoms with van der Waals surface area (Å²) in [4.78, 5) is 41.3. The molecule has 5 aromatic rings. The Balaban J connectivity index is 1.37. The highest BCUT2D eigenvalue weighted by molar-refractivity contribution is 6.30. The highest BCUT2D eigenvalue weighted by atomic mass is 35.5. The van der Waals surface area contributed by atoms with Crippen molar-refractivity contribution >= 4 is 50.9 Å². The third-order valence-electron chi connectivity index (χ3n) is 7.70. The Morgan fingerprint density at radius 3 is 2.59 bits per heavy atom. The van der Waals surface area contributed by atoms with Crippen LogP contribution < -0.4 is 15.6 Å². The summed E-state index contributed by atoms with van der Waals surface area (Å²) in [7, 11) is 0. The lowest BCUT2D eigenvalue weighted by atomic mass is 10.1. The number of aliphatic hydroxyl groups excluding tert-OH is 1. The van der Waals surface area contributed by atoms with Crippen LogP contribution in [0.5, 0.6) is 0 Å². The predicted molar refractivity (Wildman–Crippen MR) is 164 cm³/mol. The number of piperazine rings is 1. The van der Waals surface area contributed by atoms with Crippen LogP contribution in [-0.2, 0) is 4.79 Å². The molecule has 3 aromatic carbocycles. The van der Waals surface area contributed by atoms with Crippen LogP contribution in [0.3, 0.4) is 0 Å². The second kappa shape index (κ2) is 10.9. The summed E-state index contributed by atoms with van der Waals surface area (Å²) < 4.78 is 0. The maximum Gasteiger partial charge on any atom is 0.219 e. The molecule has 41 heavy (non-hydrogen) atoms. The van der Waals surface area contributed by atoms with Gasteiger partial charge in [0, 0.05) is 55.7 Å². The number of aromatic nitrogens is 3. The zero-order valence-electron chi connectivity index (χ0n) is 22.9. The van der Waals surface area contributed by atoms with Gasteiger partial charge in [0.1, 0.15) is 17.2 Å². The van der Waals surface area contributed by atoms with E-state index in [2.05, 4.69) is 26.3 Å². The molecule has 0 spiro atoms. The zero-order chi connectivity index (χ0) is 28.7. The average Bonchev–Trinajstić information content (AvgIpc) is 3.40. The Hall–Kier alpha value is -4.34. The molecular weight excluding hydrogens is 540 g/mol. The molecule has 6 rings (SSSR count). The number of halogens is 1. The predicted octanol–water partition coefficient (Wildman–Crippen LogP) is 4.85. The lowest BCUT2D eigenvalue weighted by Gasteiger charge is -2.35. The zero-order valence-corrected chi connectivity index (χ0v) is 23.6. The molecule has 1 aliphatic rings. The number of nitrogens with one attached hydrogen (secondary N) is 3. The van der Waals surface area contributed by atoms with E-state index in [1.54, 1.807) is 31.2 Å². The van der Waals surface area contributed by atoms with E-state index in [0.717, 1.165) is 35.4 Å². The summed E-state index contributed by atoms with van der Waals surface area (Å²) in [6.07, 6.45) is -0.847. The van der Waals surface area contributed by atoms with Crippen LogP contribution in [0.2, 0.25) is 5.02 Å². The minimum atomic E-state index is -0.847. The topological polar surface area (TPSA) is 117 Å². The second-order valence-corrected chi connectivity index (χ2v) is 10.9. The Labute approximate surface area is 241 Å². The van der Waals surface area contributed by atoms with Crippen LogP contribution in [0, 0.1) is 6.92 Å². The van der Waals surface area contributed by atoms with E-state index in [-0.39, 0.29) is 17.9 Å². The monoisotopic (exact) mass is 570 g/mol. The highest BCUT2D eigenvalue weighted by Gasteiger charge is 2.22. The number of hydrogen-bond donors (Lipinski definition) is 4. The number of H-pyrrole nitrogens is 2. The Kier molecular flexibility index (Phi) is 7.15. The minimum Gasteiger partial charge on any atom is -0.387 e. The number of benzene rings is 3. The van der Waals surface area contributed by atoms with Crippen molar-refractivity contribution in [3.8, 4) is 11.4 Å². The van der Waals surface area contributed by atoms with E-state index in [0.29, 0.717) is 51.8 Å². The fourth-order valence-corrected chi connectivity index (χ4v) is 5.68. The molecule has 1 atom stereocenters. The van der Waals surface area contributed by atoms with Gasteiger partial charge in [0.05, 0.1) is 22.7 Å². The van der Waals surface area contributed by atoms with Gasteiger partial charge in [0.15, 0.2) is 0 Å². The van der Waals surface area contributed by atoms with Gasteiger partial charge in [-0.15, -0.1) is 0 Å². The van der Waals surface area contributed by atoms with Gasteiger partial charge in [-0.05, 0) is 54.4 Å². The van der Waals surface area contributed by atoms with Crippen molar-refractivity contribution in [3.63, 3.8) is 0 Å². The minimum absolute atomic E-state index is 0.0969. The fourth-order valence-electron chi connectivity index (χ4n) is 5.48. The molecule has 0 aliphatic carbocycles. The van der Waals surface area contributed by atoms with E-state index >= 15 is 0 Å². The Morgan fingerprint density at radius 1 is 1.05 bits per heavy atom. The number of nitrogens with zero attached hydrogens (tertiary/aromatic N) is 3. The van der Waals surface area contributed by atoms with Gasteiger partial charge in [-0.25, -0.2) is 4.98 Å². The van der Waals surface area contributed by atoms with E-state index in [1.807, 2.05) is 42.2 Å². The number of aromatic amines is 2. The first-order valence-corrected chi connectivity index (χ1v) is 14.0. The van der Waals surface area contributed by atoms with Crippen molar-refractivity contribution in [3.05, 3.63) is 87.0 Å². The van der Waals surface area contributed by atoms with Crippen LogP contribution in [0.15, 0.2) is 65.5 Å². The summed E-state index contributed by atoms with van der Waals surface area (Å²) in [5.74, 6) is 1.00. The highest BCUT2D eigenvalue weighted by Crippen LogP contribution is 2.31. The number of amides is 1. The normalized spacial score (nSPS) is 14.5. The molecule has 0 bridgehead atoms. The first-order chi connectivity index (χ1) is 19.8. The number of aryl methyl sites for hydroxylation is 1. The summed E-state index contributed by atoms with van der Waals surface area (Å²) >= 11 is 6.12. The number of carbonyl (C=O) groups is 1.